The highest BCUT2D eigenvalue weighted by Crippen LogP contribution is 2.27. The van der Waals surface area contributed by atoms with Gasteiger partial charge in [0.05, 0.1) is 18.8 Å². The fourth-order valence-corrected chi connectivity index (χ4v) is 2.44. The van der Waals surface area contributed by atoms with E-state index in [1.54, 1.807) is 6.92 Å². The SMILES string of the molecule is C=C(CCC(O)CC)OS(=O)(=O)C(F)(F)F.C=C1COC(CCCO)C1. The Morgan fingerprint density at radius 1 is 1.46 bits per heavy atom. The predicted molar refractivity (Wildman–Crippen MR) is 90.5 cm³/mol. The summed E-state index contributed by atoms with van der Waals surface area (Å²) in [5, 5.41) is 17.6. The second-order valence-electron chi connectivity index (χ2n) is 5.88. The van der Waals surface area contributed by atoms with Gasteiger partial charge in [0.2, 0.25) is 0 Å². The van der Waals surface area contributed by atoms with Crippen LogP contribution >= 0.6 is 0 Å². The lowest BCUT2D eigenvalue weighted by Gasteiger charge is -2.12. The minimum Gasteiger partial charge on any atom is -0.396 e. The third-order valence-electron chi connectivity index (χ3n) is 3.46. The lowest BCUT2D eigenvalue weighted by Crippen LogP contribution is -2.25. The molecule has 2 N–H and O–H groups in total. The molecule has 1 saturated heterocycles. The van der Waals surface area contributed by atoms with Gasteiger partial charge in [-0.1, -0.05) is 20.1 Å². The van der Waals surface area contributed by atoms with Crippen molar-refractivity contribution in [2.45, 2.75) is 63.2 Å². The molecule has 0 radical (unpaired) electrons. The summed E-state index contributed by atoms with van der Waals surface area (Å²) in [5.41, 5.74) is -4.28. The largest absolute Gasteiger partial charge is 0.534 e. The maximum Gasteiger partial charge on any atom is 0.534 e. The van der Waals surface area contributed by atoms with E-state index in [9.17, 15) is 21.6 Å². The first-order valence-corrected chi connectivity index (χ1v) is 9.59. The summed E-state index contributed by atoms with van der Waals surface area (Å²) in [5.74, 6) is -0.537. The highest BCUT2D eigenvalue weighted by Gasteiger charge is 2.48. The normalized spacial score (nSPS) is 18.8. The van der Waals surface area contributed by atoms with Gasteiger partial charge in [0.25, 0.3) is 0 Å². The average Bonchev–Trinajstić information content (AvgIpc) is 2.95. The number of rotatable bonds is 9. The van der Waals surface area contributed by atoms with E-state index >= 15 is 0 Å². The Bertz CT molecular complexity index is 545. The number of alkyl halides is 3. The fourth-order valence-electron chi connectivity index (χ4n) is 1.96. The Kier molecular flexibility index (Phi) is 11.1. The summed E-state index contributed by atoms with van der Waals surface area (Å²) in [6, 6.07) is 0. The van der Waals surface area contributed by atoms with Crippen LogP contribution in [0.2, 0.25) is 0 Å². The molecule has 1 aliphatic rings. The van der Waals surface area contributed by atoms with Crippen molar-refractivity contribution in [2.24, 2.45) is 0 Å². The van der Waals surface area contributed by atoms with Crippen LogP contribution in [-0.2, 0) is 19.0 Å². The molecule has 1 fully saturated rings. The zero-order valence-corrected chi connectivity index (χ0v) is 15.6. The number of aliphatic hydroxyl groups is 2. The van der Waals surface area contributed by atoms with Crippen LogP contribution in [0.15, 0.2) is 24.5 Å². The monoisotopic (exact) mass is 404 g/mol. The van der Waals surface area contributed by atoms with E-state index in [1.165, 1.54) is 5.57 Å². The molecule has 1 aliphatic heterocycles. The van der Waals surface area contributed by atoms with Gasteiger partial charge in [-0.3, -0.25) is 0 Å². The molecule has 0 spiro atoms. The third kappa shape index (κ3) is 10.1. The summed E-state index contributed by atoms with van der Waals surface area (Å²) >= 11 is 0. The molecule has 1 rings (SSSR count). The van der Waals surface area contributed by atoms with Gasteiger partial charge in [0.15, 0.2) is 0 Å². The molecular weight excluding hydrogens is 377 g/mol. The first-order valence-electron chi connectivity index (χ1n) is 8.18. The van der Waals surface area contributed by atoms with Gasteiger partial charge in [0.1, 0.15) is 5.76 Å². The molecule has 0 aliphatic carbocycles. The Hall–Kier alpha value is -1.10. The van der Waals surface area contributed by atoms with E-state index in [0.29, 0.717) is 12.5 Å². The molecule has 0 aromatic carbocycles. The number of halogens is 3. The molecule has 0 amide bonds. The Morgan fingerprint density at radius 2 is 2.08 bits per heavy atom. The molecule has 154 valence electrons. The topological polar surface area (TPSA) is 93.1 Å². The van der Waals surface area contributed by atoms with E-state index in [4.69, 9.17) is 14.9 Å². The second kappa shape index (κ2) is 11.6. The van der Waals surface area contributed by atoms with Crippen molar-refractivity contribution in [2.75, 3.05) is 13.2 Å². The first-order chi connectivity index (χ1) is 11.9. The summed E-state index contributed by atoms with van der Waals surface area (Å²) < 4.78 is 65.7. The molecule has 0 bridgehead atoms. The van der Waals surface area contributed by atoms with Crippen LogP contribution in [0, 0.1) is 0 Å². The molecule has 1 heterocycles. The predicted octanol–water partition coefficient (Wildman–Crippen LogP) is 3.02. The van der Waals surface area contributed by atoms with Gasteiger partial charge in [0, 0.05) is 13.0 Å². The van der Waals surface area contributed by atoms with Crippen molar-refractivity contribution >= 4 is 10.1 Å². The Morgan fingerprint density at radius 3 is 2.50 bits per heavy atom. The second-order valence-corrected chi connectivity index (χ2v) is 7.41. The molecule has 0 aromatic rings. The standard InChI is InChI=1S/C8H13F3O4S.C8H14O2/c1-3-7(12)5-4-6(2)15-16(13,14)8(9,10)11;1-7-5-8(10-6-7)3-2-4-9/h7,12H,2-5H2,1H3;8-9H,1-6H2. The minimum absolute atomic E-state index is 0.0999. The molecule has 10 heteroatoms. The van der Waals surface area contributed by atoms with Gasteiger partial charge < -0.3 is 19.1 Å². The molecule has 26 heavy (non-hydrogen) atoms. The van der Waals surface area contributed by atoms with Gasteiger partial charge in [-0.15, -0.1) is 0 Å². The van der Waals surface area contributed by atoms with Gasteiger partial charge in [-0.2, -0.15) is 21.6 Å². The molecule has 2 atom stereocenters. The zero-order valence-electron chi connectivity index (χ0n) is 14.8. The molecular formula is C16H27F3O6S. The fraction of sp³-hybridized carbons (Fsp3) is 0.750. The van der Waals surface area contributed by atoms with E-state index in [1.807, 2.05) is 0 Å². The van der Waals surface area contributed by atoms with E-state index in [2.05, 4.69) is 17.3 Å². The highest BCUT2D eigenvalue weighted by atomic mass is 32.2. The van der Waals surface area contributed by atoms with Crippen molar-refractivity contribution in [3.8, 4) is 0 Å². The molecule has 6 nitrogen and oxygen atoms in total. The minimum atomic E-state index is -5.63. The van der Waals surface area contributed by atoms with Crippen molar-refractivity contribution in [3.63, 3.8) is 0 Å². The number of aliphatic hydroxyl groups excluding tert-OH is 2. The zero-order chi connectivity index (χ0) is 20.4. The van der Waals surface area contributed by atoms with Crippen LogP contribution in [0.3, 0.4) is 0 Å². The van der Waals surface area contributed by atoms with Gasteiger partial charge in [-0.05, 0) is 37.7 Å². The number of allylic oxidation sites excluding steroid dienone is 1. The number of hydrogen-bond donors (Lipinski definition) is 2. The van der Waals surface area contributed by atoms with Crippen molar-refractivity contribution in [1.82, 2.24) is 0 Å². The maximum atomic E-state index is 11.9. The van der Waals surface area contributed by atoms with Crippen LogP contribution in [0.5, 0.6) is 0 Å². The first kappa shape index (κ1) is 24.9. The molecule has 2 unspecified atom stereocenters. The van der Waals surface area contributed by atoms with Crippen LogP contribution in [-0.4, -0.2) is 49.6 Å². The van der Waals surface area contributed by atoms with Crippen molar-refractivity contribution in [3.05, 3.63) is 24.5 Å². The number of ether oxygens (including phenoxy) is 1. The third-order valence-corrected chi connectivity index (χ3v) is 4.48. The van der Waals surface area contributed by atoms with E-state index in [-0.39, 0.29) is 19.4 Å². The summed E-state index contributed by atoms with van der Waals surface area (Å²) in [6.45, 7) is 9.54. The quantitative estimate of drug-likeness (QED) is 0.266. The lowest BCUT2D eigenvalue weighted by atomic mass is 10.1. The van der Waals surface area contributed by atoms with Crippen LogP contribution in [0.1, 0.15) is 45.4 Å². The average molecular weight is 404 g/mol. The van der Waals surface area contributed by atoms with Gasteiger partial charge >= 0.3 is 15.6 Å². The molecule has 0 saturated carbocycles. The van der Waals surface area contributed by atoms with Crippen molar-refractivity contribution < 1.29 is 40.7 Å². The smallest absolute Gasteiger partial charge is 0.396 e. The van der Waals surface area contributed by atoms with E-state index < -0.39 is 27.5 Å². The Labute approximate surface area is 152 Å². The summed E-state index contributed by atoms with van der Waals surface area (Å²) in [4.78, 5) is 0. The van der Waals surface area contributed by atoms with Gasteiger partial charge in [-0.25, -0.2) is 0 Å². The summed E-state index contributed by atoms with van der Waals surface area (Å²) in [6.07, 6.45) is 2.79. The maximum absolute atomic E-state index is 11.9. The van der Waals surface area contributed by atoms with E-state index in [0.717, 1.165) is 25.9 Å². The van der Waals surface area contributed by atoms with Crippen LogP contribution < -0.4 is 0 Å². The highest BCUT2D eigenvalue weighted by molar-refractivity contribution is 7.87. The summed E-state index contributed by atoms with van der Waals surface area (Å²) in [7, 11) is -5.63. The van der Waals surface area contributed by atoms with Crippen LogP contribution in [0.4, 0.5) is 13.2 Å². The Balaban J connectivity index is 0.000000531. The van der Waals surface area contributed by atoms with Crippen molar-refractivity contribution in [1.29, 1.82) is 0 Å². The number of hydrogen-bond acceptors (Lipinski definition) is 6. The van der Waals surface area contributed by atoms with Crippen LogP contribution in [0.25, 0.3) is 0 Å². The lowest BCUT2D eigenvalue weighted by molar-refractivity contribution is -0.0523. The molecule has 0 aromatic heterocycles.